The number of rotatable bonds is 6. The molecule has 6 heteroatoms. The zero-order chi connectivity index (χ0) is 14.4. The Kier molecular flexibility index (Phi) is 5.42. The van der Waals surface area contributed by atoms with Gasteiger partial charge in [-0.2, -0.15) is 5.10 Å². The molecule has 0 aliphatic carbocycles. The molecule has 2 rings (SSSR count). The molecule has 1 N–H and O–H groups in total. The van der Waals surface area contributed by atoms with Gasteiger partial charge in [-0.1, -0.05) is 35.2 Å². The van der Waals surface area contributed by atoms with E-state index in [1.54, 1.807) is 17.1 Å². The lowest BCUT2D eigenvalue weighted by molar-refractivity contribution is 0.491. The van der Waals surface area contributed by atoms with Crippen molar-refractivity contribution in [3.05, 3.63) is 46.5 Å². The van der Waals surface area contributed by atoms with E-state index in [1.165, 1.54) is 6.33 Å². The van der Waals surface area contributed by atoms with Crippen molar-refractivity contribution in [3.63, 3.8) is 0 Å². The Morgan fingerprint density at radius 2 is 2.25 bits per heavy atom. The maximum atomic E-state index is 6.28. The summed E-state index contributed by atoms with van der Waals surface area (Å²) in [5.74, 6) is 2.69. The highest BCUT2D eigenvalue weighted by Gasteiger charge is 2.16. The minimum Gasteiger partial charge on any atom is -0.306 e. The molecule has 0 fully saturated rings. The van der Waals surface area contributed by atoms with E-state index in [0.29, 0.717) is 29.7 Å². The van der Waals surface area contributed by atoms with Gasteiger partial charge >= 0.3 is 0 Å². The number of halogens is 2. The van der Waals surface area contributed by atoms with Gasteiger partial charge in [-0.25, -0.2) is 4.98 Å². The second-order valence-corrected chi connectivity index (χ2v) is 5.16. The molecule has 104 valence electrons. The Bertz CT molecular complexity index is 590. The molecule has 0 saturated heterocycles. The Morgan fingerprint density at radius 1 is 1.40 bits per heavy atom. The minimum atomic E-state index is 0.134. The molecule has 2 aromatic rings. The first-order valence-corrected chi connectivity index (χ1v) is 6.88. The number of hydrogen-bond acceptors (Lipinski definition) is 3. The number of nitrogens with zero attached hydrogens (tertiary/aromatic N) is 3. The van der Waals surface area contributed by atoms with Crippen LogP contribution < -0.4 is 5.32 Å². The molecule has 1 unspecified atom stereocenters. The normalized spacial score (nSPS) is 12.1. The van der Waals surface area contributed by atoms with Crippen LogP contribution in [0.4, 0.5) is 0 Å². The van der Waals surface area contributed by atoms with E-state index in [0.717, 1.165) is 5.56 Å². The van der Waals surface area contributed by atoms with Gasteiger partial charge in [0, 0.05) is 22.5 Å². The van der Waals surface area contributed by atoms with Crippen molar-refractivity contribution in [1.29, 1.82) is 0 Å². The van der Waals surface area contributed by atoms with E-state index in [1.807, 2.05) is 12.1 Å². The molecule has 0 aliphatic rings. The van der Waals surface area contributed by atoms with Gasteiger partial charge in [0.15, 0.2) is 0 Å². The molecule has 0 aliphatic heterocycles. The summed E-state index contributed by atoms with van der Waals surface area (Å²) < 4.78 is 1.77. The number of aromatic nitrogens is 3. The third-order valence-electron chi connectivity index (χ3n) is 2.89. The Labute approximate surface area is 128 Å². The van der Waals surface area contributed by atoms with Crippen molar-refractivity contribution < 1.29 is 0 Å². The van der Waals surface area contributed by atoms with Crippen LogP contribution in [-0.2, 0) is 6.54 Å². The molecule has 1 heterocycles. The second kappa shape index (κ2) is 7.30. The smallest absolute Gasteiger partial charge is 0.137 e. The summed E-state index contributed by atoms with van der Waals surface area (Å²) in [6, 6.07) is 5.51. The molecule has 0 saturated carbocycles. The summed E-state index contributed by atoms with van der Waals surface area (Å²) in [5, 5.41) is 8.59. The fraction of sp³-hybridized carbons (Fsp3) is 0.286. The number of hydrogen-bond donors (Lipinski definition) is 1. The van der Waals surface area contributed by atoms with E-state index in [-0.39, 0.29) is 5.92 Å². The third-order valence-corrected chi connectivity index (χ3v) is 3.46. The van der Waals surface area contributed by atoms with Gasteiger partial charge < -0.3 is 5.32 Å². The molecule has 1 aromatic carbocycles. The predicted octanol–water partition coefficient (Wildman–Crippen LogP) is 2.59. The van der Waals surface area contributed by atoms with Crippen LogP contribution in [0.5, 0.6) is 0 Å². The van der Waals surface area contributed by atoms with Crippen LogP contribution >= 0.6 is 23.2 Å². The van der Waals surface area contributed by atoms with Gasteiger partial charge in [-0.05, 0) is 17.7 Å². The quantitative estimate of drug-likeness (QED) is 0.659. The summed E-state index contributed by atoms with van der Waals surface area (Å²) in [6.07, 6.45) is 8.44. The summed E-state index contributed by atoms with van der Waals surface area (Å²) in [6.45, 7) is 1.88. The van der Waals surface area contributed by atoms with Crippen LogP contribution in [0.1, 0.15) is 11.5 Å². The van der Waals surface area contributed by atoms with Crippen LogP contribution in [0.3, 0.4) is 0 Å². The summed E-state index contributed by atoms with van der Waals surface area (Å²) in [4.78, 5) is 3.95. The molecular weight excluding hydrogens is 295 g/mol. The van der Waals surface area contributed by atoms with Crippen molar-refractivity contribution in [1.82, 2.24) is 20.1 Å². The molecular formula is C14H14Cl2N4. The Balaban J connectivity index is 2.18. The third kappa shape index (κ3) is 3.97. The highest BCUT2D eigenvalue weighted by atomic mass is 35.5. The fourth-order valence-corrected chi connectivity index (χ4v) is 2.54. The lowest BCUT2D eigenvalue weighted by atomic mass is 9.99. The standard InChI is InChI=1S/C14H14Cl2N4/c1-2-5-17-7-11(8-20-10-18-9-19-20)13-4-3-12(15)6-14(13)16/h1,3-4,6,9-11,17H,5,7-8H2. The van der Waals surface area contributed by atoms with Crippen molar-refractivity contribution in [2.45, 2.75) is 12.5 Å². The van der Waals surface area contributed by atoms with E-state index in [4.69, 9.17) is 29.6 Å². The van der Waals surface area contributed by atoms with Gasteiger partial charge in [-0.3, -0.25) is 4.68 Å². The predicted molar refractivity (Wildman–Crippen MR) is 80.9 cm³/mol. The first kappa shape index (κ1) is 14.9. The zero-order valence-electron chi connectivity index (χ0n) is 10.8. The number of nitrogens with one attached hydrogen (secondary N) is 1. The molecule has 0 amide bonds. The van der Waals surface area contributed by atoms with Crippen LogP contribution in [0, 0.1) is 12.3 Å². The SMILES string of the molecule is C#CCNCC(Cn1cncn1)c1ccc(Cl)cc1Cl. The Hall–Kier alpha value is -1.54. The van der Waals surface area contributed by atoms with Crippen molar-refractivity contribution in [3.8, 4) is 12.3 Å². The van der Waals surface area contributed by atoms with Gasteiger partial charge in [0.1, 0.15) is 12.7 Å². The molecule has 1 aromatic heterocycles. The molecule has 1 atom stereocenters. The maximum Gasteiger partial charge on any atom is 0.137 e. The maximum absolute atomic E-state index is 6.28. The van der Waals surface area contributed by atoms with Gasteiger partial charge in [0.25, 0.3) is 0 Å². The summed E-state index contributed by atoms with van der Waals surface area (Å²) in [7, 11) is 0. The topological polar surface area (TPSA) is 42.7 Å². The van der Waals surface area contributed by atoms with Crippen molar-refractivity contribution in [2.24, 2.45) is 0 Å². The van der Waals surface area contributed by atoms with E-state index >= 15 is 0 Å². The van der Waals surface area contributed by atoms with Crippen LogP contribution in [0.2, 0.25) is 10.0 Å². The van der Waals surface area contributed by atoms with E-state index < -0.39 is 0 Å². The molecule has 0 bridgehead atoms. The first-order chi connectivity index (χ1) is 9.70. The average Bonchev–Trinajstić information content (AvgIpc) is 2.91. The van der Waals surface area contributed by atoms with E-state index in [2.05, 4.69) is 21.3 Å². The lowest BCUT2D eigenvalue weighted by Crippen LogP contribution is -2.25. The van der Waals surface area contributed by atoms with Crippen LogP contribution in [0.15, 0.2) is 30.9 Å². The van der Waals surface area contributed by atoms with Gasteiger partial charge in [0.2, 0.25) is 0 Å². The van der Waals surface area contributed by atoms with Crippen molar-refractivity contribution in [2.75, 3.05) is 13.1 Å². The molecule has 0 radical (unpaired) electrons. The lowest BCUT2D eigenvalue weighted by Gasteiger charge is -2.19. The Morgan fingerprint density at radius 3 is 2.90 bits per heavy atom. The van der Waals surface area contributed by atoms with Gasteiger partial charge in [-0.15, -0.1) is 6.42 Å². The largest absolute Gasteiger partial charge is 0.306 e. The highest BCUT2D eigenvalue weighted by Crippen LogP contribution is 2.28. The minimum absolute atomic E-state index is 0.134. The summed E-state index contributed by atoms with van der Waals surface area (Å²) in [5.41, 5.74) is 1.01. The fourth-order valence-electron chi connectivity index (χ4n) is 1.98. The molecule has 4 nitrogen and oxygen atoms in total. The highest BCUT2D eigenvalue weighted by molar-refractivity contribution is 6.35. The van der Waals surface area contributed by atoms with Crippen LogP contribution in [0.25, 0.3) is 0 Å². The van der Waals surface area contributed by atoms with Gasteiger partial charge in [0.05, 0.1) is 13.1 Å². The summed E-state index contributed by atoms with van der Waals surface area (Å²) >= 11 is 12.2. The second-order valence-electron chi connectivity index (χ2n) is 4.32. The average molecular weight is 309 g/mol. The number of benzene rings is 1. The molecule has 0 spiro atoms. The van der Waals surface area contributed by atoms with Crippen molar-refractivity contribution >= 4 is 23.2 Å². The van der Waals surface area contributed by atoms with E-state index in [9.17, 15) is 0 Å². The zero-order valence-corrected chi connectivity index (χ0v) is 12.3. The number of terminal acetylenes is 1. The van der Waals surface area contributed by atoms with Crippen LogP contribution in [-0.4, -0.2) is 27.9 Å². The molecule has 20 heavy (non-hydrogen) atoms. The first-order valence-electron chi connectivity index (χ1n) is 6.12. The monoisotopic (exact) mass is 308 g/mol.